The third-order valence-corrected chi connectivity index (χ3v) is 7.29. The van der Waals surface area contributed by atoms with E-state index in [2.05, 4.69) is 66.1 Å². The zero-order valence-electron chi connectivity index (χ0n) is 19.4. The Morgan fingerprint density at radius 3 is 2.50 bits per heavy atom. The summed E-state index contributed by atoms with van der Waals surface area (Å²) in [5, 5.41) is 22.4. The Labute approximate surface area is 233 Å². The first-order chi connectivity index (χ1) is 17.2. The first-order valence-electron chi connectivity index (χ1n) is 11.2. The molecule has 2 aromatic carbocycles. The molecule has 7 nitrogen and oxygen atoms in total. The summed E-state index contributed by atoms with van der Waals surface area (Å²) in [6.07, 6.45) is 1.84. The van der Waals surface area contributed by atoms with Crippen LogP contribution in [0.3, 0.4) is 0 Å². The van der Waals surface area contributed by atoms with Crippen molar-refractivity contribution in [1.82, 2.24) is 19.7 Å². The predicted octanol–water partition coefficient (Wildman–Crippen LogP) is 5.87. The quantitative estimate of drug-likeness (QED) is 0.250. The Hall–Kier alpha value is -2.84. The van der Waals surface area contributed by atoms with Crippen LogP contribution in [0.1, 0.15) is 11.4 Å². The summed E-state index contributed by atoms with van der Waals surface area (Å²) in [5.74, 6) is 1.23. The van der Waals surface area contributed by atoms with E-state index in [0.29, 0.717) is 37.1 Å². The van der Waals surface area contributed by atoms with Gasteiger partial charge in [0.1, 0.15) is 16.7 Å². The molecule has 0 unspecified atom stereocenters. The molecule has 184 valence electrons. The standard InChI is InChI=1S/C26H23BrN6OS.BrH/c1-2-12-32-23(19-8-10-20(27)11-9-19)18-35-25(32)22(17-28)24-29-30-26(31-13-15-34-16-14-31)33(24)21-6-4-3-5-7-21;/h2-11,18H,1,12-16H2;1H. The van der Waals surface area contributed by atoms with Crippen molar-refractivity contribution in [1.29, 1.82) is 5.26 Å². The summed E-state index contributed by atoms with van der Waals surface area (Å²) in [7, 11) is 0. The van der Waals surface area contributed by atoms with Gasteiger partial charge >= 0.3 is 0 Å². The number of nitriles is 1. The number of ether oxygens (including phenoxy) is 1. The van der Waals surface area contributed by atoms with Crippen LogP contribution >= 0.6 is 44.7 Å². The van der Waals surface area contributed by atoms with Crippen LogP contribution in [0.15, 0.2) is 82.2 Å². The molecule has 2 aliphatic rings. The largest absolute Gasteiger partial charge is 0.378 e. The highest BCUT2D eigenvalue weighted by atomic mass is 79.9. The average molecular weight is 628 g/mol. The van der Waals surface area contributed by atoms with Gasteiger partial charge in [-0.15, -0.1) is 33.8 Å². The van der Waals surface area contributed by atoms with Crippen LogP contribution in [-0.2, 0) is 4.74 Å². The average Bonchev–Trinajstić information content (AvgIpc) is 3.52. The summed E-state index contributed by atoms with van der Waals surface area (Å²) in [4.78, 5) is 4.26. The van der Waals surface area contributed by atoms with Gasteiger partial charge in [0.25, 0.3) is 0 Å². The number of nitrogens with zero attached hydrogens (tertiary/aromatic N) is 6. The van der Waals surface area contributed by atoms with E-state index in [4.69, 9.17) is 4.74 Å². The van der Waals surface area contributed by atoms with Crippen molar-refractivity contribution < 1.29 is 4.74 Å². The summed E-state index contributed by atoms with van der Waals surface area (Å²) < 4.78 is 8.53. The zero-order chi connectivity index (χ0) is 24.2. The van der Waals surface area contributed by atoms with Crippen molar-refractivity contribution in [2.45, 2.75) is 0 Å². The third kappa shape index (κ3) is 5.15. The number of benzene rings is 2. The van der Waals surface area contributed by atoms with Crippen molar-refractivity contribution in [3.8, 4) is 11.8 Å². The molecule has 10 heteroatoms. The molecule has 1 fully saturated rings. The van der Waals surface area contributed by atoms with Gasteiger partial charge in [-0.1, -0.05) is 64.1 Å². The van der Waals surface area contributed by atoms with Gasteiger partial charge in [0, 0.05) is 29.5 Å². The van der Waals surface area contributed by atoms with Crippen LogP contribution in [0.25, 0.3) is 17.0 Å². The number of hydrogen-bond donors (Lipinski definition) is 0. The molecule has 0 aliphatic carbocycles. The van der Waals surface area contributed by atoms with Gasteiger partial charge in [0.15, 0.2) is 5.82 Å². The number of aromatic nitrogens is 3. The third-order valence-electron chi connectivity index (χ3n) is 5.77. The van der Waals surface area contributed by atoms with Crippen molar-refractivity contribution in [2.75, 3.05) is 37.7 Å². The van der Waals surface area contributed by atoms with E-state index in [0.717, 1.165) is 39.5 Å². The predicted molar refractivity (Wildman–Crippen MR) is 154 cm³/mol. The molecule has 1 saturated heterocycles. The van der Waals surface area contributed by atoms with Crippen molar-refractivity contribution in [3.05, 3.63) is 93.5 Å². The highest BCUT2D eigenvalue weighted by Crippen LogP contribution is 2.43. The molecule has 1 aromatic heterocycles. The van der Waals surface area contributed by atoms with E-state index in [1.807, 2.05) is 53.1 Å². The van der Waals surface area contributed by atoms with E-state index in [9.17, 15) is 5.26 Å². The molecule has 2 aliphatic heterocycles. The van der Waals surface area contributed by atoms with Crippen LogP contribution in [-0.4, -0.2) is 52.5 Å². The highest BCUT2D eigenvalue weighted by Gasteiger charge is 2.30. The highest BCUT2D eigenvalue weighted by molar-refractivity contribution is 9.10. The number of rotatable bonds is 6. The summed E-state index contributed by atoms with van der Waals surface area (Å²) >= 11 is 5.03. The SMILES string of the molecule is Br.C=CCN1C(c2ccc(Br)cc2)=CSC1=C(C#N)c1nnc(N2CCOCC2)n1-c1ccccc1. The molecule has 0 bridgehead atoms. The van der Waals surface area contributed by atoms with Gasteiger partial charge in [-0.3, -0.25) is 4.57 Å². The van der Waals surface area contributed by atoms with Gasteiger partial charge in [0.2, 0.25) is 5.95 Å². The van der Waals surface area contributed by atoms with Crippen LogP contribution in [0, 0.1) is 11.3 Å². The fourth-order valence-electron chi connectivity index (χ4n) is 4.11. The topological polar surface area (TPSA) is 70.2 Å². The molecular weight excluding hydrogens is 604 g/mol. The van der Waals surface area contributed by atoms with Crippen LogP contribution in [0.2, 0.25) is 0 Å². The van der Waals surface area contributed by atoms with Crippen molar-refractivity contribution >= 4 is 61.9 Å². The maximum Gasteiger partial charge on any atom is 0.232 e. The Balaban J connectivity index is 0.00000304. The minimum atomic E-state index is 0. The molecule has 0 radical (unpaired) electrons. The van der Waals surface area contributed by atoms with Crippen molar-refractivity contribution in [3.63, 3.8) is 0 Å². The molecule has 0 saturated carbocycles. The van der Waals surface area contributed by atoms with Crippen LogP contribution in [0.4, 0.5) is 5.95 Å². The molecule has 36 heavy (non-hydrogen) atoms. The lowest BCUT2D eigenvalue weighted by molar-refractivity contribution is 0.122. The zero-order valence-corrected chi connectivity index (χ0v) is 23.5. The second-order valence-corrected chi connectivity index (χ2v) is 9.69. The van der Waals surface area contributed by atoms with Gasteiger partial charge in [-0.25, -0.2) is 0 Å². The number of allylic oxidation sites excluding steroid dienone is 1. The fourth-order valence-corrected chi connectivity index (χ4v) is 5.42. The molecule has 5 rings (SSSR count). The number of morpholine rings is 1. The van der Waals surface area contributed by atoms with E-state index in [1.165, 1.54) is 11.8 Å². The first kappa shape index (κ1) is 26.2. The Bertz CT molecular complexity index is 1320. The minimum Gasteiger partial charge on any atom is -0.378 e. The van der Waals surface area contributed by atoms with Gasteiger partial charge in [0.05, 0.1) is 24.6 Å². The Kier molecular flexibility index (Phi) is 8.69. The van der Waals surface area contributed by atoms with E-state index in [-0.39, 0.29) is 17.0 Å². The molecule has 0 spiro atoms. The molecular formula is C26H24Br2N6OS. The summed E-state index contributed by atoms with van der Waals surface area (Å²) in [5.41, 5.74) is 3.45. The smallest absolute Gasteiger partial charge is 0.232 e. The van der Waals surface area contributed by atoms with E-state index >= 15 is 0 Å². The first-order valence-corrected chi connectivity index (χ1v) is 12.9. The van der Waals surface area contributed by atoms with Gasteiger partial charge in [-0.05, 0) is 29.8 Å². The van der Waals surface area contributed by atoms with Gasteiger partial charge < -0.3 is 14.5 Å². The lowest BCUT2D eigenvalue weighted by Crippen LogP contribution is -2.38. The minimum absolute atomic E-state index is 0. The maximum atomic E-state index is 10.4. The van der Waals surface area contributed by atoms with E-state index < -0.39 is 0 Å². The second kappa shape index (κ2) is 11.9. The number of hydrogen-bond acceptors (Lipinski definition) is 7. The lowest BCUT2D eigenvalue weighted by Gasteiger charge is -2.28. The van der Waals surface area contributed by atoms with Crippen LogP contribution < -0.4 is 4.90 Å². The Morgan fingerprint density at radius 2 is 1.83 bits per heavy atom. The fraction of sp³-hybridized carbons (Fsp3) is 0.192. The molecule has 0 N–H and O–H groups in total. The molecule has 3 heterocycles. The van der Waals surface area contributed by atoms with Crippen molar-refractivity contribution in [2.24, 2.45) is 0 Å². The van der Waals surface area contributed by atoms with Crippen LogP contribution in [0.5, 0.6) is 0 Å². The maximum absolute atomic E-state index is 10.4. The molecule has 3 aromatic rings. The number of anilines is 1. The number of halogens is 2. The second-order valence-electron chi connectivity index (χ2n) is 7.91. The normalized spacial score (nSPS) is 16.7. The Morgan fingerprint density at radius 1 is 1.11 bits per heavy atom. The molecule has 0 amide bonds. The summed E-state index contributed by atoms with van der Waals surface area (Å²) in [6.45, 7) is 7.21. The number of para-hydroxylation sites is 1. The van der Waals surface area contributed by atoms with Gasteiger partial charge in [-0.2, -0.15) is 5.26 Å². The monoisotopic (exact) mass is 626 g/mol. The van der Waals surface area contributed by atoms with E-state index in [1.54, 1.807) is 0 Å². The molecule has 0 atom stereocenters. The lowest BCUT2D eigenvalue weighted by atomic mass is 10.1. The summed E-state index contributed by atoms with van der Waals surface area (Å²) in [6, 6.07) is 20.5. The number of thioether (sulfide) groups is 1.